The van der Waals surface area contributed by atoms with Crippen LogP contribution in [0.3, 0.4) is 0 Å². The molecule has 2 atom stereocenters. The van der Waals surface area contributed by atoms with Crippen molar-refractivity contribution in [1.82, 2.24) is 5.32 Å². The lowest BCUT2D eigenvalue weighted by atomic mass is 9.96. The maximum Gasteiger partial charge on any atom is 0.0482 e. The van der Waals surface area contributed by atoms with Gasteiger partial charge in [0.2, 0.25) is 0 Å². The number of hydrogen-bond acceptors (Lipinski definition) is 4. The van der Waals surface area contributed by atoms with Gasteiger partial charge in [-0.05, 0) is 43.5 Å². The van der Waals surface area contributed by atoms with Crippen LogP contribution in [0.2, 0.25) is 0 Å². The molecule has 116 valence electrons. The van der Waals surface area contributed by atoms with Crippen LogP contribution in [0.4, 0.5) is 5.69 Å². The highest BCUT2D eigenvalue weighted by atomic mass is 32.2. The van der Waals surface area contributed by atoms with Crippen molar-refractivity contribution in [1.29, 1.82) is 0 Å². The summed E-state index contributed by atoms with van der Waals surface area (Å²) in [6.45, 7) is 6.52. The molecule has 2 N–H and O–H groups in total. The van der Waals surface area contributed by atoms with E-state index < -0.39 is 0 Å². The second-order valence-electron chi connectivity index (χ2n) is 5.88. The lowest BCUT2D eigenvalue weighted by molar-refractivity contribution is 0.538. The van der Waals surface area contributed by atoms with Gasteiger partial charge in [-0.2, -0.15) is 0 Å². The summed E-state index contributed by atoms with van der Waals surface area (Å²) in [5.41, 5.74) is 3.75. The lowest BCUT2D eigenvalue weighted by Crippen LogP contribution is -2.18. The highest BCUT2D eigenvalue weighted by Gasteiger charge is 2.15. The van der Waals surface area contributed by atoms with Gasteiger partial charge in [-0.1, -0.05) is 19.9 Å². The predicted molar refractivity (Wildman–Crippen MR) is 95.0 cm³/mol. The molecule has 4 heteroatoms. The average molecular weight is 305 g/mol. The first-order valence-electron chi connectivity index (χ1n) is 7.80. The van der Waals surface area contributed by atoms with E-state index in [-0.39, 0.29) is 0 Å². The van der Waals surface area contributed by atoms with Crippen LogP contribution in [0.25, 0.3) is 0 Å². The number of thioether (sulfide) groups is 1. The number of anilines is 1. The molecular formula is C17H27N3S. The Labute approximate surface area is 133 Å². The van der Waals surface area contributed by atoms with Crippen molar-refractivity contribution in [2.75, 3.05) is 32.5 Å². The molecule has 1 aromatic carbocycles. The molecule has 0 fully saturated rings. The monoisotopic (exact) mass is 305 g/mol. The number of aliphatic imine (C=N–C) groups is 1. The van der Waals surface area contributed by atoms with E-state index in [2.05, 4.69) is 42.7 Å². The van der Waals surface area contributed by atoms with E-state index >= 15 is 0 Å². The Bertz CT molecular complexity index is 499. The van der Waals surface area contributed by atoms with Gasteiger partial charge in [-0.25, -0.2) is 0 Å². The maximum absolute atomic E-state index is 4.75. The third kappa shape index (κ3) is 4.48. The van der Waals surface area contributed by atoms with Crippen molar-refractivity contribution in [3.05, 3.63) is 23.8 Å². The summed E-state index contributed by atoms with van der Waals surface area (Å²) in [6.07, 6.45) is 2.36. The Hall–Kier alpha value is -1.00. The maximum atomic E-state index is 4.75. The molecule has 0 bridgehead atoms. The van der Waals surface area contributed by atoms with Gasteiger partial charge in [0, 0.05) is 41.7 Å². The summed E-state index contributed by atoms with van der Waals surface area (Å²) < 4.78 is 0. The fourth-order valence-corrected chi connectivity index (χ4v) is 3.73. The first-order chi connectivity index (χ1) is 10.1. The fourth-order valence-electron chi connectivity index (χ4n) is 2.61. The van der Waals surface area contributed by atoms with Crippen molar-refractivity contribution in [3.63, 3.8) is 0 Å². The van der Waals surface area contributed by atoms with Crippen LogP contribution in [-0.2, 0) is 0 Å². The van der Waals surface area contributed by atoms with Gasteiger partial charge in [0.25, 0.3) is 0 Å². The van der Waals surface area contributed by atoms with Crippen LogP contribution < -0.4 is 10.6 Å². The van der Waals surface area contributed by atoms with Gasteiger partial charge < -0.3 is 10.6 Å². The van der Waals surface area contributed by atoms with Gasteiger partial charge in [-0.3, -0.25) is 4.99 Å². The molecule has 0 spiro atoms. The number of benzene rings is 1. The highest BCUT2D eigenvalue weighted by molar-refractivity contribution is 8.00. The molecular weight excluding hydrogens is 278 g/mol. The zero-order chi connectivity index (χ0) is 15.2. The van der Waals surface area contributed by atoms with Crippen molar-refractivity contribution in [2.45, 2.75) is 36.8 Å². The summed E-state index contributed by atoms with van der Waals surface area (Å²) in [6, 6.07) is 6.71. The lowest BCUT2D eigenvalue weighted by Gasteiger charge is -2.19. The van der Waals surface area contributed by atoms with E-state index in [1.807, 2.05) is 25.9 Å². The Balaban J connectivity index is 2.16. The number of hydrogen-bond donors (Lipinski definition) is 2. The minimum atomic E-state index is 0.556. The Morgan fingerprint density at radius 2 is 2.19 bits per heavy atom. The minimum Gasteiger partial charge on any atom is -0.387 e. The van der Waals surface area contributed by atoms with Crippen LogP contribution in [0.15, 0.2) is 28.1 Å². The molecule has 0 saturated heterocycles. The van der Waals surface area contributed by atoms with Gasteiger partial charge in [0.15, 0.2) is 0 Å². The molecule has 2 rings (SSSR count). The molecule has 1 heterocycles. The molecule has 1 aliphatic heterocycles. The summed E-state index contributed by atoms with van der Waals surface area (Å²) >= 11 is 1.91. The summed E-state index contributed by atoms with van der Waals surface area (Å²) in [5.74, 6) is 0.731. The molecule has 0 aliphatic carbocycles. The van der Waals surface area contributed by atoms with E-state index in [0.29, 0.717) is 5.25 Å². The van der Waals surface area contributed by atoms with E-state index in [9.17, 15) is 0 Å². The van der Waals surface area contributed by atoms with E-state index in [0.717, 1.165) is 25.4 Å². The zero-order valence-corrected chi connectivity index (χ0v) is 14.4. The topological polar surface area (TPSA) is 36.4 Å². The predicted octanol–water partition coefficient (Wildman–Crippen LogP) is 3.65. The van der Waals surface area contributed by atoms with Crippen molar-refractivity contribution < 1.29 is 0 Å². The smallest absolute Gasteiger partial charge is 0.0482 e. The Kier molecular flexibility index (Phi) is 6.12. The number of rotatable bonds is 6. The molecule has 0 aromatic heterocycles. The van der Waals surface area contributed by atoms with E-state index in [1.54, 1.807) is 0 Å². The Morgan fingerprint density at radius 3 is 2.81 bits per heavy atom. The van der Waals surface area contributed by atoms with Crippen LogP contribution in [-0.4, -0.2) is 38.1 Å². The highest BCUT2D eigenvalue weighted by Crippen LogP contribution is 2.32. The van der Waals surface area contributed by atoms with Gasteiger partial charge in [-0.15, -0.1) is 11.8 Å². The van der Waals surface area contributed by atoms with Crippen LogP contribution in [0, 0.1) is 5.92 Å². The van der Waals surface area contributed by atoms with Crippen molar-refractivity contribution >= 4 is 23.2 Å². The van der Waals surface area contributed by atoms with Gasteiger partial charge in [0.1, 0.15) is 0 Å². The molecule has 21 heavy (non-hydrogen) atoms. The summed E-state index contributed by atoms with van der Waals surface area (Å²) in [5, 5.41) is 7.12. The SMILES string of the molecule is CNCC(C)Sc1ccc(C2=NC[C@@H](C)CC2)cc1NC. The minimum absolute atomic E-state index is 0.556. The molecule has 0 radical (unpaired) electrons. The Morgan fingerprint density at radius 1 is 1.38 bits per heavy atom. The van der Waals surface area contributed by atoms with Gasteiger partial charge >= 0.3 is 0 Å². The molecule has 1 aliphatic rings. The first kappa shape index (κ1) is 16.4. The fraction of sp³-hybridized carbons (Fsp3) is 0.588. The first-order valence-corrected chi connectivity index (χ1v) is 8.68. The van der Waals surface area contributed by atoms with Gasteiger partial charge in [0.05, 0.1) is 0 Å². The van der Waals surface area contributed by atoms with Crippen LogP contribution >= 0.6 is 11.8 Å². The molecule has 3 nitrogen and oxygen atoms in total. The molecule has 0 saturated carbocycles. The number of nitrogens with zero attached hydrogens (tertiary/aromatic N) is 1. The normalized spacial score (nSPS) is 20.0. The van der Waals surface area contributed by atoms with Crippen molar-refractivity contribution in [2.24, 2.45) is 10.9 Å². The van der Waals surface area contributed by atoms with Crippen LogP contribution in [0.1, 0.15) is 32.3 Å². The third-order valence-corrected chi connectivity index (χ3v) is 5.05. The summed E-state index contributed by atoms with van der Waals surface area (Å²) in [7, 11) is 4.00. The summed E-state index contributed by atoms with van der Waals surface area (Å²) in [4.78, 5) is 6.06. The van der Waals surface area contributed by atoms with E-state index in [4.69, 9.17) is 4.99 Å². The van der Waals surface area contributed by atoms with Crippen LogP contribution in [0.5, 0.6) is 0 Å². The van der Waals surface area contributed by atoms with E-state index in [1.165, 1.54) is 28.3 Å². The average Bonchev–Trinajstić information content (AvgIpc) is 2.49. The molecule has 1 aromatic rings. The second kappa shape index (κ2) is 7.85. The van der Waals surface area contributed by atoms with Crippen molar-refractivity contribution in [3.8, 4) is 0 Å². The number of nitrogens with one attached hydrogen (secondary N) is 2. The molecule has 1 unspecified atom stereocenters. The molecule has 0 amide bonds. The quantitative estimate of drug-likeness (QED) is 0.788. The second-order valence-corrected chi connectivity index (χ2v) is 7.36. The zero-order valence-electron chi connectivity index (χ0n) is 13.6. The largest absolute Gasteiger partial charge is 0.387 e. The standard InChI is InChI=1S/C17H27N3S/c1-12-5-7-15(20-10-12)14-6-8-17(16(9-14)19-4)21-13(2)11-18-3/h6,8-9,12-13,18-19H,5,7,10-11H2,1-4H3/t12-,13?/m0/s1. The third-order valence-electron chi connectivity index (χ3n) is 3.87.